The van der Waals surface area contributed by atoms with Crippen molar-refractivity contribution in [3.05, 3.63) is 11.8 Å². The van der Waals surface area contributed by atoms with Gasteiger partial charge >= 0.3 is 18.9 Å². The van der Waals surface area contributed by atoms with Gasteiger partial charge in [-0.2, -0.15) is 0 Å². The number of unbranched alkanes of at least 4 members (excludes halogenated alkanes) is 3. The first-order valence-electron chi connectivity index (χ1n) is 4.86. The molecule has 0 amide bonds. The number of hydrogen-bond acceptors (Lipinski definition) is 1. The molecule has 0 bridgehead atoms. The van der Waals surface area contributed by atoms with E-state index in [9.17, 15) is 5.11 Å². The minimum atomic E-state index is -0.188. The molecule has 0 atom stereocenters. The van der Waals surface area contributed by atoms with Crippen LogP contribution in [0.25, 0.3) is 0 Å². The van der Waals surface area contributed by atoms with Gasteiger partial charge in [0.05, 0.1) is 0 Å². The fourth-order valence-electron chi connectivity index (χ4n) is 0.934. The molecular weight excluding hydrogens is 155 g/mol. The zero-order chi connectivity index (χ0) is 9.61. The Labute approximate surface area is 94.8 Å². The summed E-state index contributed by atoms with van der Waals surface area (Å²) in [4.78, 5) is 0. The molecule has 72 valence electrons. The first-order valence-corrected chi connectivity index (χ1v) is 4.86. The van der Waals surface area contributed by atoms with Crippen LogP contribution in [0, 0.1) is 5.41 Å². The van der Waals surface area contributed by atoms with Crippen molar-refractivity contribution in [2.45, 2.75) is 53.4 Å². The topological polar surface area (TPSA) is 23.1 Å². The van der Waals surface area contributed by atoms with Crippen LogP contribution >= 0.6 is 0 Å². The smallest absolute Gasteiger partial charge is 0.875 e. The Morgan fingerprint density at radius 2 is 1.77 bits per heavy atom. The molecule has 0 aromatic carbocycles. The maximum Gasteiger partial charge on any atom is 1.00 e. The third-order valence-electron chi connectivity index (χ3n) is 1.88. The molecule has 0 fully saturated rings. The van der Waals surface area contributed by atoms with Crippen molar-refractivity contribution in [1.82, 2.24) is 0 Å². The maximum atomic E-state index is 11.4. The van der Waals surface area contributed by atoms with Gasteiger partial charge in [0, 0.05) is 0 Å². The molecule has 0 aliphatic carbocycles. The van der Waals surface area contributed by atoms with E-state index < -0.39 is 0 Å². The second-order valence-electron chi connectivity index (χ2n) is 4.31. The molecule has 0 rings (SSSR count). The van der Waals surface area contributed by atoms with Crippen LogP contribution in [0.4, 0.5) is 0 Å². The summed E-state index contributed by atoms with van der Waals surface area (Å²) in [5.74, 6) is 0.276. The van der Waals surface area contributed by atoms with Crippen LogP contribution in [-0.4, -0.2) is 0 Å². The Hall–Kier alpha value is 0.137. The van der Waals surface area contributed by atoms with E-state index in [0.29, 0.717) is 0 Å². The molecule has 0 N–H and O–H groups in total. The normalized spacial score (nSPS) is 12.5. The summed E-state index contributed by atoms with van der Waals surface area (Å²) >= 11 is 0. The molecule has 0 saturated carbocycles. The van der Waals surface area contributed by atoms with Gasteiger partial charge in [0.15, 0.2) is 0 Å². The summed E-state index contributed by atoms with van der Waals surface area (Å²) < 4.78 is 0. The van der Waals surface area contributed by atoms with Gasteiger partial charge in [-0.3, -0.25) is 0 Å². The standard InChI is InChI=1S/C11H22O.Li/c1-5-6-7-8-9-10(12)11(2,3)4;/h9,12H,5-8H2,1-4H3;/q;+1/p-1/b10-9-;. The maximum absolute atomic E-state index is 11.4. The van der Waals surface area contributed by atoms with Gasteiger partial charge in [-0.1, -0.05) is 46.6 Å². The van der Waals surface area contributed by atoms with Crippen LogP contribution < -0.4 is 24.0 Å². The Balaban J connectivity index is 0. The Kier molecular flexibility index (Phi) is 9.04. The van der Waals surface area contributed by atoms with Crippen LogP contribution in [0.3, 0.4) is 0 Å². The largest absolute Gasteiger partial charge is 1.00 e. The number of hydrogen-bond donors (Lipinski definition) is 0. The SMILES string of the molecule is CCCCC/C=C(\[O-])C(C)(C)C.[Li+]. The Morgan fingerprint density at radius 3 is 2.15 bits per heavy atom. The van der Waals surface area contributed by atoms with Gasteiger partial charge in [0.1, 0.15) is 0 Å². The van der Waals surface area contributed by atoms with Crippen LogP contribution in [0.5, 0.6) is 0 Å². The van der Waals surface area contributed by atoms with E-state index in [2.05, 4.69) is 6.92 Å². The molecule has 0 aliphatic rings. The third kappa shape index (κ3) is 8.47. The van der Waals surface area contributed by atoms with Crippen LogP contribution in [0.1, 0.15) is 53.4 Å². The van der Waals surface area contributed by atoms with E-state index in [4.69, 9.17) is 0 Å². The third-order valence-corrected chi connectivity index (χ3v) is 1.88. The minimum Gasteiger partial charge on any atom is -0.875 e. The van der Waals surface area contributed by atoms with Crippen LogP contribution in [-0.2, 0) is 0 Å². The van der Waals surface area contributed by atoms with Gasteiger partial charge in [0.25, 0.3) is 0 Å². The summed E-state index contributed by atoms with van der Waals surface area (Å²) in [6.45, 7) is 8.06. The van der Waals surface area contributed by atoms with Gasteiger partial charge in [-0.05, 0) is 18.3 Å². The predicted molar refractivity (Wildman–Crippen MR) is 51.7 cm³/mol. The molecule has 2 heteroatoms. The van der Waals surface area contributed by atoms with E-state index in [1.165, 1.54) is 12.8 Å². The molecule has 0 unspecified atom stereocenters. The van der Waals surface area contributed by atoms with E-state index in [-0.39, 0.29) is 30.0 Å². The Bertz CT molecular complexity index is 145. The molecule has 13 heavy (non-hydrogen) atoms. The molecule has 1 nitrogen and oxygen atoms in total. The second-order valence-corrected chi connectivity index (χ2v) is 4.31. The van der Waals surface area contributed by atoms with Gasteiger partial charge < -0.3 is 5.11 Å². The summed E-state index contributed by atoms with van der Waals surface area (Å²) in [7, 11) is 0. The molecular formula is C11H21LiO. The number of allylic oxidation sites excluding steroid dienone is 2. The van der Waals surface area contributed by atoms with Crippen molar-refractivity contribution < 1.29 is 24.0 Å². The average molecular weight is 176 g/mol. The second kappa shape index (κ2) is 7.53. The van der Waals surface area contributed by atoms with E-state index >= 15 is 0 Å². The van der Waals surface area contributed by atoms with E-state index in [1.54, 1.807) is 0 Å². The van der Waals surface area contributed by atoms with Gasteiger partial charge in [0.2, 0.25) is 0 Å². The van der Waals surface area contributed by atoms with Crippen LogP contribution in [0.2, 0.25) is 0 Å². The summed E-state index contributed by atoms with van der Waals surface area (Å²) in [5, 5.41) is 11.4. The van der Waals surface area contributed by atoms with Crippen molar-refractivity contribution in [2.75, 3.05) is 0 Å². The molecule has 0 aromatic rings. The van der Waals surface area contributed by atoms with Gasteiger partial charge in [-0.25, -0.2) is 0 Å². The van der Waals surface area contributed by atoms with Crippen molar-refractivity contribution in [3.8, 4) is 0 Å². The fourth-order valence-corrected chi connectivity index (χ4v) is 0.934. The van der Waals surface area contributed by atoms with E-state index in [0.717, 1.165) is 12.8 Å². The van der Waals surface area contributed by atoms with Crippen molar-refractivity contribution in [1.29, 1.82) is 0 Å². The zero-order valence-electron chi connectivity index (χ0n) is 9.81. The molecule has 0 heterocycles. The first-order chi connectivity index (χ1) is 5.48. The predicted octanol–water partition coefficient (Wildman–Crippen LogP) is -0.139. The molecule has 0 saturated heterocycles. The Morgan fingerprint density at radius 1 is 1.23 bits per heavy atom. The molecule has 0 spiro atoms. The first kappa shape index (κ1) is 15.6. The molecule has 0 aromatic heterocycles. The summed E-state index contributed by atoms with van der Waals surface area (Å²) in [5.41, 5.74) is -0.188. The summed E-state index contributed by atoms with van der Waals surface area (Å²) in [6, 6.07) is 0. The van der Waals surface area contributed by atoms with Crippen molar-refractivity contribution in [3.63, 3.8) is 0 Å². The fraction of sp³-hybridized carbons (Fsp3) is 0.818. The number of rotatable bonds is 4. The van der Waals surface area contributed by atoms with Crippen molar-refractivity contribution in [2.24, 2.45) is 5.41 Å². The van der Waals surface area contributed by atoms with Crippen molar-refractivity contribution >= 4 is 0 Å². The molecule has 0 radical (unpaired) electrons. The minimum absolute atomic E-state index is 0. The molecule has 0 aliphatic heterocycles. The monoisotopic (exact) mass is 176 g/mol. The average Bonchev–Trinajstić information content (AvgIpc) is 1.96. The van der Waals surface area contributed by atoms with E-state index in [1.807, 2.05) is 26.8 Å². The quantitative estimate of drug-likeness (QED) is 0.332. The van der Waals surface area contributed by atoms with Crippen LogP contribution in [0.15, 0.2) is 11.8 Å². The van der Waals surface area contributed by atoms with Gasteiger partial charge in [-0.15, -0.1) is 5.76 Å². The summed E-state index contributed by atoms with van der Waals surface area (Å²) in [6.07, 6.45) is 6.39. The zero-order valence-corrected chi connectivity index (χ0v) is 9.81.